The second-order valence-electron chi connectivity index (χ2n) is 4.01. The predicted molar refractivity (Wildman–Crippen MR) is 65.1 cm³/mol. The zero-order valence-electron chi connectivity index (χ0n) is 9.82. The molecular formula is C11H18N2O2S. The van der Waals surface area contributed by atoms with Crippen molar-refractivity contribution in [2.24, 2.45) is 11.8 Å². The molecule has 0 aliphatic heterocycles. The molecule has 1 aromatic rings. The van der Waals surface area contributed by atoms with Crippen molar-refractivity contribution in [3.05, 3.63) is 21.9 Å². The minimum absolute atomic E-state index is 0.175. The fourth-order valence-corrected chi connectivity index (χ4v) is 1.94. The lowest BCUT2D eigenvalue weighted by molar-refractivity contribution is 0.0233. The van der Waals surface area contributed by atoms with Gasteiger partial charge in [-0.05, 0) is 24.3 Å². The molecule has 90 valence electrons. The SMILES string of the molecule is CC(C)C(C)OCc1ccsc1C(=O)NN. The van der Waals surface area contributed by atoms with E-state index in [-0.39, 0.29) is 12.0 Å². The molecule has 16 heavy (non-hydrogen) atoms. The van der Waals surface area contributed by atoms with Gasteiger partial charge in [-0.25, -0.2) is 5.84 Å². The van der Waals surface area contributed by atoms with Crippen LogP contribution in [0.1, 0.15) is 36.0 Å². The van der Waals surface area contributed by atoms with Gasteiger partial charge in [0.2, 0.25) is 0 Å². The number of carbonyl (C=O) groups excluding carboxylic acids is 1. The molecule has 3 N–H and O–H groups in total. The number of nitrogens with one attached hydrogen (secondary N) is 1. The molecule has 1 amide bonds. The summed E-state index contributed by atoms with van der Waals surface area (Å²) in [5, 5.41) is 1.86. The van der Waals surface area contributed by atoms with E-state index < -0.39 is 0 Å². The first-order chi connectivity index (χ1) is 7.56. The normalized spacial score (nSPS) is 12.8. The standard InChI is InChI=1S/C11H18N2O2S/c1-7(2)8(3)15-6-9-4-5-16-10(9)11(14)13-12/h4-5,7-8H,6,12H2,1-3H3,(H,13,14). The lowest BCUT2D eigenvalue weighted by Crippen LogP contribution is -2.30. The quantitative estimate of drug-likeness (QED) is 0.471. The van der Waals surface area contributed by atoms with Crippen LogP contribution in [-0.4, -0.2) is 12.0 Å². The summed E-state index contributed by atoms with van der Waals surface area (Å²) in [4.78, 5) is 12.0. The molecule has 0 bridgehead atoms. The summed E-state index contributed by atoms with van der Waals surface area (Å²) in [6.45, 7) is 6.68. The zero-order chi connectivity index (χ0) is 12.1. The van der Waals surface area contributed by atoms with Crippen molar-refractivity contribution in [1.82, 2.24) is 5.43 Å². The Kier molecular flexibility index (Phi) is 4.92. The van der Waals surface area contributed by atoms with Gasteiger partial charge >= 0.3 is 0 Å². The third-order valence-electron chi connectivity index (χ3n) is 2.52. The second kappa shape index (κ2) is 5.98. The zero-order valence-corrected chi connectivity index (χ0v) is 10.6. The lowest BCUT2D eigenvalue weighted by atomic mass is 10.1. The molecule has 0 saturated carbocycles. The van der Waals surface area contributed by atoms with Crippen molar-refractivity contribution in [2.75, 3.05) is 0 Å². The van der Waals surface area contributed by atoms with Gasteiger partial charge in [0, 0.05) is 5.56 Å². The Morgan fingerprint density at radius 2 is 2.25 bits per heavy atom. The number of rotatable bonds is 5. The molecule has 1 aromatic heterocycles. The van der Waals surface area contributed by atoms with E-state index in [9.17, 15) is 4.79 Å². The number of hydrazine groups is 1. The highest BCUT2D eigenvalue weighted by Crippen LogP contribution is 2.19. The van der Waals surface area contributed by atoms with Crippen LogP contribution in [0.2, 0.25) is 0 Å². The van der Waals surface area contributed by atoms with E-state index in [2.05, 4.69) is 19.3 Å². The highest BCUT2D eigenvalue weighted by atomic mass is 32.1. The van der Waals surface area contributed by atoms with E-state index in [0.29, 0.717) is 17.4 Å². The molecule has 1 rings (SSSR count). The maximum atomic E-state index is 11.4. The van der Waals surface area contributed by atoms with Crippen LogP contribution in [0.3, 0.4) is 0 Å². The van der Waals surface area contributed by atoms with Crippen molar-refractivity contribution in [3.63, 3.8) is 0 Å². The lowest BCUT2D eigenvalue weighted by Gasteiger charge is -2.16. The fraction of sp³-hybridized carbons (Fsp3) is 0.545. The number of thiophene rings is 1. The first-order valence-corrected chi connectivity index (χ1v) is 6.13. The van der Waals surface area contributed by atoms with E-state index >= 15 is 0 Å². The summed E-state index contributed by atoms with van der Waals surface area (Å²) < 4.78 is 5.67. The summed E-state index contributed by atoms with van der Waals surface area (Å²) in [6.07, 6.45) is 0.175. The highest BCUT2D eigenvalue weighted by molar-refractivity contribution is 7.12. The Hall–Kier alpha value is -0.910. The molecule has 0 radical (unpaired) electrons. The molecule has 1 unspecified atom stereocenters. The number of ether oxygens (including phenoxy) is 1. The number of hydrogen-bond donors (Lipinski definition) is 2. The van der Waals surface area contributed by atoms with Gasteiger partial charge in [-0.3, -0.25) is 10.2 Å². The Bertz CT molecular complexity index is 350. The van der Waals surface area contributed by atoms with E-state index in [1.165, 1.54) is 11.3 Å². The van der Waals surface area contributed by atoms with Crippen LogP contribution in [0, 0.1) is 5.92 Å². The van der Waals surface area contributed by atoms with Gasteiger partial charge in [0.05, 0.1) is 17.6 Å². The van der Waals surface area contributed by atoms with Gasteiger partial charge in [-0.2, -0.15) is 0 Å². The average molecular weight is 242 g/mol. The maximum absolute atomic E-state index is 11.4. The largest absolute Gasteiger partial charge is 0.374 e. The molecule has 0 spiro atoms. The summed E-state index contributed by atoms with van der Waals surface area (Å²) in [5.41, 5.74) is 3.02. The second-order valence-corrected chi connectivity index (χ2v) is 4.92. The number of carbonyl (C=O) groups is 1. The van der Waals surface area contributed by atoms with Crippen molar-refractivity contribution in [3.8, 4) is 0 Å². The smallest absolute Gasteiger partial charge is 0.275 e. The molecular weight excluding hydrogens is 224 g/mol. The molecule has 0 aliphatic rings. The summed E-state index contributed by atoms with van der Waals surface area (Å²) in [5.74, 6) is 5.31. The van der Waals surface area contributed by atoms with E-state index in [4.69, 9.17) is 10.6 Å². The number of hydrogen-bond acceptors (Lipinski definition) is 4. The van der Waals surface area contributed by atoms with Crippen LogP contribution < -0.4 is 11.3 Å². The van der Waals surface area contributed by atoms with E-state index in [1.807, 2.05) is 18.4 Å². The Balaban J connectivity index is 2.61. The number of nitrogens with two attached hydrogens (primary N) is 1. The molecule has 0 saturated heterocycles. The number of nitrogen functional groups attached to an aromatic ring is 1. The minimum atomic E-state index is -0.259. The maximum Gasteiger partial charge on any atom is 0.275 e. The van der Waals surface area contributed by atoms with Gasteiger partial charge in [-0.15, -0.1) is 11.3 Å². The monoisotopic (exact) mass is 242 g/mol. The van der Waals surface area contributed by atoms with Gasteiger partial charge in [0.1, 0.15) is 0 Å². The minimum Gasteiger partial charge on any atom is -0.374 e. The third kappa shape index (κ3) is 3.30. The molecule has 1 atom stereocenters. The van der Waals surface area contributed by atoms with E-state index in [1.54, 1.807) is 0 Å². The van der Waals surface area contributed by atoms with E-state index in [0.717, 1.165) is 5.56 Å². The molecule has 0 fully saturated rings. The van der Waals surface area contributed by atoms with Crippen LogP contribution in [0.4, 0.5) is 0 Å². The number of amides is 1. The molecule has 4 nitrogen and oxygen atoms in total. The predicted octanol–water partition coefficient (Wildman–Crippen LogP) is 1.91. The van der Waals surface area contributed by atoms with Crippen molar-refractivity contribution < 1.29 is 9.53 Å². The third-order valence-corrected chi connectivity index (χ3v) is 3.48. The topological polar surface area (TPSA) is 64.3 Å². The molecule has 1 heterocycles. The van der Waals surface area contributed by atoms with Crippen LogP contribution in [0.15, 0.2) is 11.4 Å². The first-order valence-electron chi connectivity index (χ1n) is 5.25. The van der Waals surface area contributed by atoms with Crippen molar-refractivity contribution >= 4 is 17.2 Å². The fourth-order valence-electron chi connectivity index (χ4n) is 1.13. The van der Waals surface area contributed by atoms with Crippen LogP contribution in [-0.2, 0) is 11.3 Å². The average Bonchev–Trinajstić information content (AvgIpc) is 2.72. The molecule has 0 aromatic carbocycles. The Morgan fingerprint density at radius 1 is 1.56 bits per heavy atom. The van der Waals surface area contributed by atoms with Gasteiger partial charge in [-0.1, -0.05) is 13.8 Å². The van der Waals surface area contributed by atoms with Gasteiger partial charge in [0.25, 0.3) is 5.91 Å². The van der Waals surface area contributed by atoms with Crippen LogP contribution >= 0.6 is 11.3 Å². The van der Waals surface area contributed by atoms with Crippen molar-refractivity contribution in [2.45, 2.75) is 33.5 Å². The summed E-state index contributed by atoms with van der Waals surface area (Å²) in [6, 6.07) is 1.89. The van der Waals surface area contributed by atoms with Gasteiger partial charge in [0.15, 0.2) is 0 Å². The Labute approximate surface area is 99.8 Å². The summed E-state index contributed by atoms with van der Waals surface area (Å²) in [7, 11) is 0. The van der Waals surface area contributed by atoms with Crippen LogP contribution in [0.5, 0.6) is 0 Å². The molecule has 5 heteroatoms. The Morgan fingerprint density at radius 3 is 2.81 bits per heavy atom. The van der Waals surface area contributed by atoms with Gasteiger partial charge < -0.3 is 4.74 Å². The first kappa shape index (κ1) is 13.2. The summed E-state index contributed by atoms with van der Waals surface area (Å²) >= 11 is 1.37. The highest BCUT2D eigenvalue weighted by Gasteiger charge is 2.14. The van der Waals surface area contributed by atoms with Crippen LogP contribution in [0.25, 0.3) is 0 Å². The van der Waals surface area contributed by atoms with Crippen molar-refractivity contribution in [1.29, 1.82) is 0 Å². The molecule has 0 aliphatic carbocycles.